The summed E-state index contributed by atoms with van der Waals surface area (Å²) in [6, 6.07) is 25.0. The number of hydrogen-bond donors (Lipinski definition) is 0. The van der Waals surface area contributed by atoms with Gasteiger partial charge in [-0.15, -0.1) is 0 Å². The molecule has 0 bridgehead atoms. The fourth-order valence-corrected chi connectivity index (χ4v) is 10.8. The van der Waals surface area contributed by atoms with Crippen molar-refractivity contribution < 1.29 is 48.0 Å². The van der Waals surface area contributed by atoms with Gasteiger partial charge >= 0.3 is 176 Å². The predicted molar refractivity (Wildman–Crippen MR) is 140 cm³/mol. The normalized spacial score (nSPS) is 21.1. The second-order valence-corrected chi connectivity index (χ2v) is 14.8. The van der Waals surface area contributed by atoms with Gasteiger partial charge in [-0.3, -0.25) is 0 Å². The summed E-state index contributed by atoms with van der Waals surface area (Å²) in [5, 5.41) is 0. The molecule has 1 aliphatic heterocycles. The van der Waals surface area contributed by atoms with Gasteiger partial charge in [0.1, 0.15) is 0 Å². The Bertz CT molecular complexity index is 974. The van der Waals surface area contributed by atoms with Crippen LogP contribution in [0.4, 0.5) is 0 Å². The van der Waals surface area contributed by atoms with Crippen molar-refractivity contribution in [1.82, 2.24) is 0 Å². The van der Waals surface area contributed by atoms with E-state index in [9.17, 15) is 0 Å². The monoisotopic (exact) mass is 584 g/mol. The zero-order valence-electron chi connectivity index (χ0n) is 20.9. The number of rotatable bonds is 4. The summed E-state index contributed by atoms with van der Waals surface area (Å²) in [6.45, 7) is 9.46. The van der Waals surface area contributed by atoms with Gasteiger partial charge in [-0.25, -0.2) is 0 Å². The Morgan fingerprint density at radius 3 is 1.35 bits per heavy atom. The minimum absolute atomic E-state index is 0. The molecule has 0 amide bonds. The van der Waals surface area contributed by atoms with Crippen LogP contribution in [0.3, 0.4) is 0 Å². The second-order valence-electron chi connectivity index (χ2n) is 9.44. The Morgan fingerprint density at radius 1 is 0.647 bits per heavy atom. The summed E-state index contributed by atoms with van der Waals surface area (Å²) in [5.41, 5.74) is 8.73. The van der Waals surface area contributed by atoms with Crippen LogP contribution in [0, 0.1) is 11.8 Å². The third kappa shape index (κ3) is 6.85. The first-order chi connectivity index (χ1) is 15.6. The zero-order valence-corrected chi connectivity index (χ0v) is 26.3. The largest absolute Gasteiger partial charge is 1.00 e. The molecule has 2 aromatic carbocycles. The predicted octanol–water partition coefficient (Wildman–Crippen LogP) is 1.88. The molecule has 0 aromatic heterocycles. The Labute approximate surface area is 233 Å². The molecule has 1 heterocycles. The van der Waals surface area contributed by atoms with Gasteiger partial charge in [0.05, 0.1) is 0 Å². The summed E-state index contributed by atoms with van der Waals surface area (Å²) in [7, 11) is 0.543. The maximum absolute atomic E-state index is 2.49. The summed E-state index contributed by atoms with van der Waals surface area (Å²) in [4.78, 5) is 0. The quantitative estimate of drug-likeness (QED) is 0.481. The fourth-order valence-electron chi connectivity index (χ4n) is 5.19. The summed E-state index contributed by atoms with van der Waals surface area (Å²) in [5.74, 6) is 1.17. The van der Waals surface area contributed by atoms with Crippen LogP contribution in [0.2, 0.25) is 12.1 Å². The standard InChI is InChI=1S/2C13H13.C4H10Si.2ClH.Zr/c2*1-10-8-11(2)13(9-10)12-6-4-3-5-7-12;1-2-4-5-3-1;;;/h2*3-7,9-10H,1-2H3;1-5H2;2*1H;/q;;;;;+2/p-2. The first-order valence-electron chi connectivity index (χ1n) is 12.3. The van der Waals surface area contributed by atoms with Crippen molar-refractivity contribution in [3.63, 3.8) is 0 Å². The van der Waals surface area contributed by atoms with Crippen molar-refractivity contribution in [3.05, 3.63) is 102 Å². The van der Waals surface area contributed by atoms with Crippen LogP contribution in [0.5, 0.6) is 0 Å². The van der Waals surface area contributed by atoms with Crippen LogP contribution < -0.4 is 24.8 Å². The minimum Gasteiger partial charge on any atom is -1.00 e. The van der Waals surface area contributed by atoms with E-state index in [1.54, 1.807) is 42.6 Å². The van der Waals surface area contributed by atoms with E-state index < -0.39 is 23.2 Å². The Balaban J connectivity index is 0.000000520. The molecule has 0 N–H and O–H groups in total. The van der Waals surface area contributed by atoms with E-state index in [0.29, 0.717) is 21.4 Å². The molecule has 2 aromatic rings. The Kier molecular flexibility index (Phi) is 12.1. The fraction of sp³-hybridized carbons (Fsp3) is 0.333. The summed E-state index contributed by atoms with van der Waals surface area (Å²) < 4.78 is 3.50. The molecule has 5 rings (SSSR count). The number of halogens is 2. The second kappa shape index (κ2) is 14.0. The average Bonchev–Trinajstić information content (AvgIpc) is 3.55. The molecule has 0 nitrogen and oxygen atoms in total. The number of benzene rings is 2. The molecule has 2 unspecified atom stereocenters. The molecule has 2 atom stereocenters. The summed E-state index contributed by atoms with van der Waals surface area (Å²) in [6.07, 6.45) is 8.10. The maximum Gasteiger partial charge on any atom is -1.00 e. The Hall–Kier alpha value is -0.920. The molecular weight excluding hydrogens is 551 g/mol. The molecule has 4 heteroatoms. The van der Waals surface area contributed by atoms with Crippen molar-refractivity contribution in [2.75, 3.05) is 0 Å². The summed E-state index contributed by atoms with van der Waals surface area (Å²) >= 11 is -0.786. The van der Waals surface area contributed by atoms with E-state index in [4.69, 9.17) is 0 Å². The van der Waals surface area contributed by atoms with Crippen LogP contribution in [0.25, 0.3) is 11.1 Å². The van der Waals surface area contributed by atoms with Crippen LogP contribution in [0.15, 0.2) is 90.5 Å². The van der Waals surface area contributed by atoms with E-state index in [1.807, 2.05) is 0 Å². The first-order valence-corrected chi connectivity index (χ1v) is 16.8. The van der Waals surface area contributed by atoms with Crippen molar-refractivity contribution in [2.45, 2.75) is 52.6 Å². The number of hydrogen-bond acceptors (Lipinski definition) is 0. The van der Waals surface area contributed by atoms with Crippen molar-refractivity contribution >= 4 is 20.7 Å². The molecule has 3 aliphatic rings. The third-order valence-corrected chi connectivity index (χ3v) is 14.5. The number of allylic oxidation sites excluding steroid dienone is 8. The minimum atomic E-state index is -0.786. The SMILES string of the molecule is C1CC[SiH2]C1.CC1=[C]([Zr+2][C]2=C(C)C(c3ccccc3)=CC2C)C(C)C=C1c1ccccc1.[Cl-].[Cl-]. The topological polar surface area (TPSA) is 0 Å². The van der Waals surface area contributed by atoms with Gasteiger partial charge in [0.15, 0.2) is 0 Å². The van der Waals surface area contributed by atoms with Gasteiger partial charge in [-0.1, -0.05) is 24.9 Å². The maximum atomic E-state index is 2.49. The average molecular weight is 587 g/mol. The van der Waals surface area contributed by atoms with Gasteiger partial charge in [-0.05, 0) is 0 Å². The van der Waals surface area contributed by atoms with E-state index in [2.05, 4.69) is 101 Å². The molecule has 1 fully saturated rings. The molecule has 1 saturated heterocycles. The first kappa shape index (κ1) is 29.3. The van der Waals surface area contributed by atoms with Gasteiger partial charge in [0.2, 0.25) is 0 Å². The molecule has 0 saturated carbocycles. The van der Waals surface area contributed by atoms with E-state index in [0.717, 1.165) is 0 Å². The van der Waals surface area contributed by atoms with Crippen LogP contribution >= 0.6 is 0 Å². The van der Waals surface area contributed by atoms with Crippen LogP contribution in [-0.4, -0.2) is 9.52 Å². The molecule has 2 aliphatic carbocycles. The third-order valence-electron chi connectivity index (χ3n) is 7.05. The van der Waals surface area contributed by atoms with Crippen molar-refractivity contribution in [2.24, 2.45) is 11.8 Å². The van der Waals surface area contributed by atoms with Gasteiger partial charge in [0.25, 0.3) is 0 Å². The van der Waals surface area contributed by atoms with Crippen LogP contribution in [-0.2, 0) is 23.2 Å². The van der Waals surface area contributed by atoms with E-state index >= 15 is 0 Å². The van der Waals surface area contributed by atoms with Crippen molar-refractivity contribution in [3.8, 4) is 0 Å². The van der Waals surface area contributed by atoms with Gasteiger partial charge in [0, 0.05) is 9.52 Å². The molecule has 178 valence electrons. The molecule has 0 radical (unpaired) electrons. The smallest absolute Gasteiger partial charge is 1.00 e. The van der Waals surface area contributed by atoms with Gasteiger partial charge < -0.3 is 24.8 Å². The Morgan fingerprint density at radius 2 is 1.03 bits per heavy atom. The zero-order chi connectivity index (χ0) is 22.5. The van der Waals surface area contributed by atoms with E-state index in [-0.39, 0.29) is 24.8 Å². The molecule has 34 heavy (non-hydrogen) atoms. The molecular formula is C30H36Cl2SiZr. The van der Waals surface area contributed by atoms with Crippen molar-refractivity contribution in [1.29, 1.82) is 0 Å². The van der Waals surface area contributed by atoms with Gasteiger partial charge in [-0.2, -0.15) is 0 Å². The van der Waals surface area contributed by atoms with Crippen LogP contribution in [0.1, 0.15) is 51.7 Å². The van der Waals surface area contributed by atoms with E-state index in [1.165, 1.54) is 22.3 Å². The molecule has 0 spiro atoms.